The first-order valence-electron chi connectivity index (χ1n) is 7.85. The summed E-state index contributed by atoms with van der Waals surface area (Å²) in [6, 6.07) is 0. The van der Waals surface area contributed by atoms with E-state index in [4.69, 9.17) is 36.8 Å². The standard InChI is InChI=1S/C11H18ClFN3O12P3/c1-6-15-7(14)2-3-16(6)10-8(12)9(17)11(4-13,26-10)5-25-30(21,22)28-31(23,24)27-29(18,19)20/h2-3,8-10,17H,1,4-5H2,(H2,14,15)(H,21,22)(H,23,24)(H2,18,19,20)/t8-,9+,10-,11-/m1/s1. The summed E-state index contributed by atoms with van der Waals surface area (Å²) in [5.41, 5.74) is 3.15. The van der Waals surface area contributed by atoms with Crippen LogP contribution >= 0.6 is 35.1 Å². The van der Waals surface area contributed by atoms with E-state index in [1.807, 2.05) is 0 Å². The minimum absolute atomic E-state index is 0.0189. The second-order valence-corrected chi connectivity index (χ2v) is 11.1. The van der Waals surface area contributed by atoms with Gasteiger partial charge in [0.05, 0.1) is 6.61 Å². The molecule has 2 heterocycles. The molecule has 0 radical (unpaired) electrons. The van der Waals surface area contributed by atoms with Gasteiger partial charge in [0.2, 0.25) is 0 Å². The second-order valence-electron chi connectivity index (χ2n) is 6.14. The number of aliphatic imine (C=N–C) groups is 1. The molecule has 0 aromatic carbocycles. The molecule has 2 rings (SSSR count). The summed E-state index contributed by atoms with van der Waals surface area (Å²) in [5.74, 6) is 0.112. The molecule has 0 amide bonds. The Morgan fingerprint density at radius 1 is 1.29 bits per heavy atom. The van der Waals surface area contributed by atoms with Crippen LogP contribution in [0, 0.1) is 0 Å². The van der Waals surface area contributed by atoms with E-state index < -0.39 is 60.1 Å². The first-order valence-corrected chi connectivity index (χ1v) is 12.8. The van der Waals surface area contributed by atoms with Gasteiger partial charge in [-0.25, -0.2) is 23.1 Å². The number of ether oxygens (including phenoxy) is 1. The van der Waals surface area contributed by atoms with Crippen molar-refractivity contribution in [3.63, 3.8) is 0 Å². The number of nitrogens with zero attached hydrogens (tertiary/aromatic N) is 2. The summed E-state index contributed by atoms with van der Waals surface area (Å²) in [6.45, 7) is 0.838. The molecule has 20 heteroatoms. The number of rotatable bonds is 9. The highest BCUT2D eigenvalue weighted by Crippen LogP contribution is 2.66. The fraction of sp³-hybridized carbons (Fsp3) is 0.545. The molecular weight excluding hydrogens is 514 g/mol. The van der Waals surface area contributed by atoms with E-state index in [1.54, 1.807) is 0 Å². The Labute approximate surface area is 179 Å². The summed E-state index contributed by atoms with van der Waals surface area (Å²) in [5, 5.41) is 9.02. The molecule has 15 nitrogen and oxygen atoms in total. The van der Waals surface area contributed by atoms with Crippen molar-refractivity contribution in [2.45, 2.75) is 23.3 Å². The van der Waals surface area contributed by atoms with Gasteiger partial charge in [-0.3, -0.25) is 4.52 Å². The monoisotopic (exact) mass is 531 g/mol. The summed E-state index contributed by atoms with van der Waals surface area (Å²) in [7, 11) is -17.0. The van der Waals surface area contributed by atoms with Gasteiger partial charge in [0, 0.05) is 6.20 Å². The Balaban J connectivity index is 2.14. The Kier molecular flexibility index (Phi) is 7.94. The molecular formula is C11H18ClFN3O12P3. The van der Waals surface area contributed by atoms with Crippen molar-refractivity contribution >= 4 is 40.9 Å². The van der Waals surface area contributed by atoms with Crippen molar-refractivity contribution < 1.29 is 60.6 Å². The van der Waals surface area contributed by atoms with Crippen molar-refractivity contribution in [2.75, 3.05) is 13.3 Å². The molecule has 0 aromatic rings. The van der Waals surface area contributed by atoms with Gasteiger partial charge in [0.25, 0.3) is 0 Å². The van der Waals surface area contributed by atoms with Crippen molar-refractivity contribution in [1.29, 1.82) is 0 Å². The van der Waals surface area contributed by atoms with Crippen LogP contribution in [0.4, 0.5) is 4.39 Å². The Bertz CT molecular complexity index is 929. The van der Waals surface area contributed by atoms with Gasteiger partial charge in [0.15, 0.2) is 11.8 Å². The number of hydrogen-bond acceptors (Lipinski definition) is 11. The summed E-state index contributed by atoms with van der Waals surface area (Å²) < 4.78 is 64.6. The van der Waals surface area contributed by atoms with Gasteiger partial charge in [-0.1, -0.05) is 6.58 Å². The maximum atomic E-state index is 13.8. The number of aliphatic hydroxyl groups excluding tert-OH is 1. The number of nitrogens with two attached hydrogens (primary N) is 1. The van der Waals surface area contributed by atoms with E-state index in [-0.39, 0.29) is 11.7 Å². The molecule has 178 valence electrons. The molecule has 0 saturated carbocycles. The number of alkyl halides is 2. The fourth-order valence-electron chi connectivity index (χ4n) is 2.51. The predicted molar refractivity (Wildman–Crippen MR) is 101 cm³/mol. The Hall–Kier alpha value is -0.700. The van der Waals surface area contributed by atoms with Crippen LogP contribution in [-0.4, -0.2) is 72.0 Å². The van der Waals surface area contributed by atoms with E-state index in [2.05, 4.69) is 24.7 Å². The number of hydrogen-bond donors (Lipinski definition) is 6. The van der Waals surface area contributed by atoms with Gasteiger partial charge in [-0.15, -0.1) is 11.6 Å². The molecule has 0 bridgehead atoms. The average molecular weight is 532 g/mol. The van der Waals surface area contributed by atoms with E-state index in [1.165, 1.54) is 17.2 Å². The van der Waals surface area contributed by atoms with Crippen LogP contribution in [0.5, 0.6) is 0 Å². The maximum Gasteiger partial charge on any atom is 0.490 e. The molecule has 1 saturated heterocycles. The maximum absolute atomic E-state index is 13.8. The molecule has 31 heavy (non-hydrogen) atoms. The zero-order valence-corrected chi connectivity index (χ0v) is 18.6. The van der Waals surface area contributed by atoms with Gasteiger partial charge >= 0.3 is 23.5 Å². The number of halogens is 2. The van der Waals surface area contributed by atoms with Crippen LogP contribution < -0.4 is 5.73 Å². The predicted octanol–water partition coefficient (Wildman–Crippen LogP) is 0.0203. The molecule has 1 fully saturated rings. The lowest BCUT2D eigenvalue weighted by molar-refractivity contribution is -0.140. The smallest absolute Gasteiger partial charge is 0.388 e. The number of aliphatic hydroxyl groups is 1. The lowest BCUT2D eigenvalue weighted by atomic mass is 9.99. The normalized spacial score (nSPS) is 33.1. The molecule has 2 unspecified atom stereocenters. The second kappa shape index (κ2) is 9.27. The molecule has 0 aliphatic carbocycles. The van der Waals surface area contributed by atoms with Crippen molar-refractivity contribution in [2.24, 2.45) is 10.7 Å². The first kappa shape index (κ1) is 26.6. The number of phosphoric acid groups is 3. The molecule has 2 aliphatic heterocycles. The third kappa shape index (κ3) is 6.65. The summed E-state index contributed by atoms with van der Waals surface area (Å²) in [6.07, 6.45) is -0.484. The minimum atomic E-state index is -5.78. The highest BCUT2D eigenvalue weighted by atomic mass is 35.5. The van der Waals surface area contributed by atoms with Crippen LogP contribution in [-0.2, 0) is 31.6 Å². The molecule has 7 N–H and O–H groups in total. The van der Waals surface area contributed by atoms with Crippen molar-refractivity contribution in [1.82, 2.24) is 4.90 Å². The average Bonchev–Trinajstić information content (AvgIpc) is 2.82. The largest absolute Gasteiger partial charge is 0.490 e. The highest BCUT2D eigenvalue weighted by molar-refractivity contribution is 7.66. The van der Waals surface area contributed by atoms with Crippen LogP contribution in [0.25, 0.3) is 0 Å². The lowest BCUT2D eigenvalue weighted by Gasteiger charge is -2.32. The summed E-state index contributed by atoms with van der Waals surface area (Å²) >= 11 is 6.11. The molecule has 0 aromatic heterocycles. The molecule has 2 aliphatic rings. The Morgan fingerprint density at radius 3 is 2.42 bits per heavy atom. The van der Waals surface area contributed by atoms with E-state index in [0.717, 1.165) is 0 Å². The van der Waals surface area contributed by atoms with Gasteiger partial charge in [0.1, 0.15) is 29.8 Å². The van der Waals surface area contributed by atoms with Crippen molar-refractivity contribution in [3.05, 3.63) is 24.7 Å². The van der Waals surface area contributed by atoms with Crippen molar-refractivity contribution in [3.8, 4) is 0 Å². The van der Waals surface area contributed by atoms with Crippen LogP contribution in [0.15, 0.2) is 29.7 Å². The lowest BCUT2D eigenvalue weighted by Crippen LogP contribution is -2.48. The third-order valence-electron chi connectivity index (χ3n) is 3.82. The number of amidine groups is 1. The fourth-order valence-corrected chi connectivity index (χ4v) is 5.99. The van der Waals surface area contributed by atoms with E-state index in [0.29, 0.717) is 0 Å². The minimum Gasteiger partial charge on any atom is -0.388 e. The molecule has 0 spiro atoms. The van der Waals surface area contributed by atoms with Gasteiger partial charge in [-0.05, 0) is 6.08 Å². The topological polar surface area (TPSA) is 231 Å². The summed E-state index contributed by atoms with van der Waals surface area (Å²) in [4.78, 5) is 40.7. The Morgan fingerprint density at radius 2 is 1.90 bits per heavy atom. The van der Waals surface area contributed by atoms with E-state index >= 15 is 0 Å². The molecule has 6 atom stereocenters. The highest BCUT2D eigenvalue weighted by Gasteiger charge is 2.57. The first-order chi connectivity index (χ1) is 14.0. The van der Waals surface area contributed by atoms with Crippen LogP contribution in [0.1, 0.15) is 0 Å². The number of phosphoric ester groups is 1. The van der Waals surface area contributed by atoms with Gasteiger partial charge in [-0.2, -0.15) is 8.62 Å². The van der Waals surface area contributed by atoms with Crippen LogP contribution in [0.2, 0.25) is 0 Å². The third-order valence-corrected chi connectivity index (χ3v) is 8.06. The zero-order valence-electron chi connectivity index (χ0n) is 15.2. The van der Waals surface area contributed by atoms with E-state index in [9.17, 15) is 28.1 Å². The quantitative estimate of drug-likeness (QED) is 0.170. The van der Waals surface area contributed by atoms with Gasteiger partial charge < -0.3 is 40.1 Å². The van der Waals surface area contributed by atoms with Crippen LogP contribution in [0.3, 0.4) is 0 Å². The zero-order chi connectivity index (χ0) is 23.8. The SMILES string of the molecule is C=C1N=C(N)C=CN1[C@@H]1O[C@](CF)(COP(=O)(O)OP(=O)(O)OP(=O)(O)O)[C@@H](O)[C@H]1Cl.